The molecule has 23 heavy (non-hydrogen) atoms. The van der Waals surface area contributed by atoms with Crippen LogP contribution in [-0.2, 0) is 9.53 Å². The van der Waals surface area contributed by atoms with E-state index >= 15 is 0 Å². The number of carbonyl (C=O) groups excluding carboxylic acids is 1. The third kappa shape index (κ3) is 16.6. The zero-order valence-corrected chi connectivity index (χ0v) is 17.2. The lowest BCUT2D eigenvalue weighted by Crippen LogP contribution is -2.17. The van der Waals surface area contributed by atoms with E-state index in [-0.39, 0.29) is 12.1 Å². The Morgan fingerprint density at radius 3 is 1.96 bits per heavy atom. The summed E-state index contributed by atoms with van der Waals surface area (Å²) in [6.07, 6.45) is 18.0. The Balaban J connectivity index is 3.48. The molecule has 1 atom stereocenters. The van der Waals surface area contributed by atoms with E-state index in [0.717, 1.165) is 37.4 Å². The second-order valence-electron chi connectivity index (χ2n) is 6.64. The van der Waals surface area contributed by atoms with E-state index in [4.69, 9.17) is 4.74 Å². The fraction of sp³-hybridized carbons (Fsp3) is 0.950. The SMILES string of the molecule is CCCCCCCCCCCC(CC)OC(=O)CCCCCBr. The highest BCUT2D eigenvalue weighted by Gasteiger charge is 2.11. The fourth-order valence-electron chi connectivity index (χ4n) is 2.81. The second-order valence-corrected chi connectivity index (χ2v) is 7.43. The predicted molar refractivity (Wildman–Crippen MR) is 104 cm³/mol. The summed E-state index contributed by atoms with van der Waals surface area (Å²) >= 11 is 3.41. The average molecular weight is 391 g/mol. The summed E-state index contributed by atoms with van der Waals surface area (Å²) in [4.78, 5) is 11.8. The smallest absolute Gasteiger partial charge is 0.306 e. The number of hydrogen-bond acceptors (Lipinski definition) is 2. The summed E-state index contributed by atoms with van der Waals surface area (Å²) in [6.45, 7) is 4.39. The van der Waals surface area contributed by atoms with Crippen molar-refractivity contribution in [1.29, 1.82) is 0 Å². The Labute approximate surface area is 153 Å². The molecule has 0 heterocycles. The first kappa shape index (κ1) is 22.9. The Hall–Kier alpha value is -0.0500. The van der Waals surface area contributed by atoms with Gasteiger partial charge in [-0.2, -0.15) is 0 Å². The van der Waals surface area contributed by atoms with Crippen molar-refractivity contribution in [2.45, 2.75) is 116 Å². The molecule has 0 N–H and O–H groups in total. The molecule has 0 saturated heterocycles. The summed E-state index contributed by atoms with van der Waals surface area (Å²) in [5.74, 6) is 0.00217. The molecule has 0 bridgehead atoms. The minimum atomic E-state index is 0.00217. The highest BCUT2D eigenvalue weighted by atomic mass is 79.9. The summed E-state index contributed by atoms with van der Waals surface area (Å²) < 4.78 is 5.60. The molecule has 0 aromatic heterocycles. The van der Waals surface area contributed by atoms with Crippen molar-refractivity contribution < 1.29 is 9.53 Å². The van der Waals surface area contributed by atoms with Crippen molar-refractivity contribution >= 4 is 21.9 Å². The van der Waals surface area contributed by atoms with Gasteiger partial charge in [0.1, 0.15) is 6.10 Å². The van der Waals surface area contributed by atoms with Crippen LogP contribution in [0, 0.1) is 0 Å². The number of unbranched alkanes of at least 4 members (excludes halogenated alkanes) is 10. The quantitative estimate of drug-likeness (QED) is 0.149. The number of rotatable bonds is 17. The van der Waals surface area contributed by atoms with Gasteiger partial charge in [-0.05, 0) is 32.1 Å². The predicted octanol–water partition coefficient (Wildman–Crippen LogP) is 7.18. The first-order chi connectivity index (χ1) is 11.2. The zero-order chi connectivity index (χ0) is 17.2. The lowest BCUT2D eigenvalue weighted by Gasteiger charge is -2.16. The minimum absolute atomic E-state index is 0.00217. The van der Waals surface area contributed by atoms with Crippen LogP contribution < -0.4 is 0 Å². The van der Waals surface area contributed by atoms with Gasteiger partial charge in [-0.3, -0.25) is 4.79 Å². The first-order valence-electron chi connectivity index (χ1n) is 10.00. The van der Waals surface area contributed by atoms with E-state index < -0.39 is 0 Å². The minimum Gasteiger partial charge on any atom is -0.462 e. The van der Waals surface area contributed by atoms with Crippen molar-refractivity contribution in [2.75, 3.05) is 5.33 Å². The lowest BCUT2D eigenvalue weighted by molar-refractivity contribution is -0.149. The number of alkyl halides is 1. The number of esters is 1. The van der Waals surface area contributed by atoms with Gasteiger partial charge in [0.25, 0.3) is 0 Å². The molecule has 0 rings (SSSR count). The van der Waals surface area contributed by atoms with Gasteiger partial charge in [0.2, 0.25) is 0 Å². The Morgan fingerprint density at radius 2 is 1.39 bits per heavy atom. The van der Waals surface area contributed by atoms with Crippen molar-refractivity contribution in [3.8, 4) is 0 Å². The molecule has 0 aliphatic heterocycles. The summed E-state index contributed by atoms with van der Waals surface area (Å²) in [5.41, 5.74) is 0. The molecule has 0 fully saturated rings. The highest BCUT2D eigenvalue weighted by molar-refractivity contribution is 9.09. The van der Waals surface area contributed by atoms with Crippen LogP contribution >= 0.6 is 15.9 Å². The molecule has 0 aromatic rings. The van der Waals surface area contributed by atoms with Crippen molar-refractivity contribution in [1.82, 2.24) is 0 Å². The molecular weight excluding hydrogens is 352 g/mol. The molecule has 3 heteroatoms. The van der Waals surface area contributed by atoms with Crippen LogP contribution in [0.15, 0.2) is 0 Å². The molecular formula is C20H39BrO2. The highest BCUT2D eigenvalue weighted by Crippen LogP contribution is 2.15. The maximum absolute atomic E-state index is 11.8. The first-order valence-corrected chi connectivity index (χ1v) is 11.1. The maximum atomic E-state index is 11.8. The van der Waals surface area contributed by atoms with E-state index in [9.17, 15) is 4.79 Å². The van der Waals surface area contributed by atoms with E-state index in [1.165, 1.54) is 57.8 Å². The van der Waals surface area contributed by atoms with Crippen molar-refractivity contribution in [3.63, 3.8) is 0 Å². The van der Waals surface area contributed by atoms with Crippen molar-refractivity contribution in [2.24, 2.45) is 0 Å². The Kier molecular flexibility index (Phi) is 18.3. The molecule has 0 radical (unpaired) electrons. The van der Waals surface area contributed by atoms with Crippen LogP contribution in [0.2, 0.25) is 0 Å². The van der Waals surface area contributed by atoms with Crippen LogP contribution in [0.25, 0.3) is 0 Å². The summed E-state index contributed by atoms with van der Waals surface area (Å²) in [7, 11) is 0. The van der Waals surface area contributed by atoms with Gasteiger partial charge in [-0.1, -0.05) is 87.6 Å². The number of ether oxygens (including phenoxy) is 1. The number of halogens is 1. The van der Waals surface area contributed by atoms with Crippen LogP contribution in [-0.4, -0.2) is 17.4 Å². The van der Waals surface area contributed by atoms with Gasteiger partial charge in [-0.15, -0.1) is 0 Å². The van der Waals surface area contributed by atoms with E-state index in [1.807, 2.05) is 0 Å². The van der Waals surface area contributed by atoms with Gasteiger partial charge < -0.3 is 4.74 Å². The van der Waals surface area contributed by atoms with E-state index in [1.54, 1.807) is 0 Å². The monoisotopic (exact) mass is 390 g/mol. The molecule has 138 valence electrons. The van der Waals surface area contributed by atoms with E-state index in [0.29, 0.717) is 6.42 Å². The van der Waals surface area contributed by atoms with Gasteiger partial charge in [-0.25, -0.2) is 0 Å². The normalized spacial score (nSPS) is 12.3. The van der Waals surface area contributed by atoms with Crippen LogP contribution in [0.1, 0.15) is 110 Å². The fourth-order valence-corrected chi connectivity index (χ4v) is 3.21. The lowest BCUT2D eigenvalue weighted by atomic mass is 10.0. The van der Waals surface area contributed by atoms with Crippen LogP contribution in [0.5, 0.6) is 0 Å². The summed E-state index contributed by atoms with van der Waals surface area (Å²) in [5, 5.41) is 1.03. The molecule has 0 saturated carbocycles. The molecule has 0 aromatic carbocycles. The van der Waals surface area contributed by atoms with Gasteiger partial charge >= 0.3 is 5.97 Å². The average Bonchev–Trinajstić information content (AvgIpc) is 2.56. The molecule has 0 spiro atoms. The molecule has 2 nitrogen and oxygen atoms in total. The Morgan fingerprint density at radius 1 is 0.826 bits per heavy atom. The Bertz CT molecular complexity index is 256. The third-order valence-electron chi connectivity index (χ3n) is 4.40. The topological polar surface area (TPSA) is 26.3 Å². The second kappa shape index (κ2) is 18.3. The number of hydrogen-bond donors (Lipinski definition) is 0. The molecule has 0 aliphatic rings. The number of carbonyl (C=O) groups is 1. The standard InChI is InChI=1S/C20H39BrO2/c1-3-5-6-7-8-9-10-11-13-16-19(4-2)23-20(22)17-14-12-15-18-21/h19H,3-18H2,1-2H3. The van der Waals surface area contributed by atoms with Crippen molar-refractivity contribution in [3.05, 3.63) is 0 Å². The third-order valence-corrected chi connectivity index (χ3v) is 4.96. The van der Waals surface area contributed by atoms with Crippen LogP contribution in [0.4, 0.5) is 0 Å². The summed E-state index contributed by atoms with van der Waals surface area (Å²) in [6, 6.07) is 0. The van der Waals surface area contributed by atoms with Gasteiger partial charge in [0.05, 0.1) is 0 Å². The zero-order valence-electron chi connectivity index (χ0n) is 15.6. The van der Waals surface area contributed by atoms with Gasteiger partial charge in [0, 0.05) is 11.8 Å². The maximum Gasteiger partial charge on any atom is 0.306 e. The van der Waals surface area contributed by atoms with Gasteiger partial charge in [0.15, 0.2) is 0 Å². The largest absolute Gasteiger partial charge is 0.462 e. The molecule has 0 amide bonds. The molecule has 0 aliphatic carbocycles. The molecule has 1 unspecified atom stereocenters. The van der Waals surface area contributed by atoms with Crippen LogP contribution in [0.3, 0.4) is 0 Å². The van der Waals surface area contributed by atoms with E-state index in [2.05, 4.69) is 29.8 Å².